The van der Waals surface area contributed by atoms with Gasteiger partial charge in [-0.1, -0.05) is 12.1 Å². The van der Waals surface area contributed by atoms with Crippen molar-refractivity contribution >= 4 is 21.6 Å². The highest BCUT2D eigenvalue weighted by Crippen LogP contribution is 2.24. The second-order valence-corrected chi connectivity index (χ2v) is 4.86. The maximum atomic E-state index is 11.9. The molecule has 1 N–H and O–H groups in total. The van der Waals surface area contributed by atoms with Crippen molar-refractivity contribution in [2.75, 3.05) is 6.54 Å². The molecule has 1 aromatic heterocycles. The summed E-state index contributed by atoms with van der Waals surface area (Å²) in [7, 11) is 0. The van der Waals surface area contributed by atoms with Crippen molar-refractivity contribution in [2.24, 2.45) is 0 Å². The van der Waals surface area contributed by atoms with Crippen LogP contribution in [0.25, 0.3) is 10.2 Å². The summed E-state index contributed by atoms with van der Waals surface area (Å²) >= 11 is 1.42. The molecule has 92 valence electrons. The zero-order valence-corrected chi connectivity index (χ0v) is 9.95. The molecule has 6 heteroatoms. The van der Waals surface area contributed by atoms with Gasteiger partial charge in [0.1, 0.15) is 5.01 Å². The molecule has 17 heavy (non-hydrogen) atoms. The molecule has 0 radical (unpaired) electrons. The van der Waals surface area contributed by atoms with E-state index < -0.39 is 12.7 Å². The number of thiazole rings is 1. The van der Waals surface area contributed by atoms with Gasteiger partial charge in [-0.2, -0.15) is 13.2 Å². The standard InChI is InChI=1S/C11H11F3N2S/c1-7-3-2-4-8-10(7)16-9(17-8)5-15-6-11(12,13)14/h2-4,15H,5-6H2,1H3. The van der Waals surface area contributed by atoms with Gasteiger partial charge in [-0.15, -0.1) is 11.3 Å². The van der Waals surface area contributed by atoms with E-state index in [4.69, 9.17) is 0 Å². The summed E-state index contributed by atoms with van der Waals surface area (Å²) < 4.78 is 36.9. The Kier molecular flexibility index (Phi) is 3.35. The number of para-hydroxylation sites is 1. The Morgan fingerprint density at radius 3 is 2.76 bits per heavy atom. The Morgan fingerprint density at radius 1 is 1.35 bits per heavy atom. The van der Waals surface area contributed by atoms with E-state index in [9.17, 15) is 13.2 Å². The zero-order valence-electron chi connectivity index (χ0n) is 9.14. The minimum Gasteiger partial charge on any atom is -0.302 e. The van der Waals surface area contributed by atoms with E-state index >= 15 is 0 Å². The molecule has 2 aromatic rings. The predicted octanol–water partition coefficient (Wildman–Crippen LogP) is 3.26. The van der Waals surface area contributed by atoms with Crippen molar-refractivity contribution in [1.82, 2.24) is 10.3 Å². The number of rotatable bonds is 3. The summed E-state index contributed by atoms with van der Waals surface area (Å²) in [4.78, 5) is 4.32. The molecule has 0 aliphatic carbocycles. The Balaban J connectivity index is 2.07. The van der Waals surface area contributed by atoms with Crippen molar-refractivity contribution in [2.45, 2.75) is 19.6 Å². The molecule has 0 atom stereocenters. The van der Waals surface area contributed by atoms with Crippen LogP contribution in [0.5, 0.6) is 0 Å². The second-order valence-electron chi connectivity index (χ2n) is 3.75. The molecule has 2 rings (SSSR count). The maximum Gasteiger partial charge on any atom is 0.401 e. The van der Waals surface area contributed by atoms with Crippen LogP contribution in [0.1, 0.15) is 10.6 Å². The van der Waals surface area contributed by atoms with Gasteiger partial charge in [0.25, 0.3) is 0 Å². The molecule has 0 unspecified atom stereocenters. The Labute approximate surface area is 100 Å². The van der Waals surface area contributed by atoms with Crippen LogP contribution in [0.4, 0.5) is 13.2 Å². The topological polar surface area (TPSA) is 24.9 Å². The lowest BCUT2D eigenvalue weighted by Gasteiger charge is -2.05. The van der Waals surface area contributed by atoms with Crippen molar-refractivity contribution in [1.29, 1.82) is 0 Å². The monoisotopic (exact) mass is 260 g/mol. The lowest BCUT2D eigenvalue weighted by molar-refractivity contribution is -0.125. The molecular weight excluding hydrogens is 249 g/mol. The lowest BCUT2D eigenvalue weighted by Crippen LogP contribution is -2.28. The molecular formula is C11H11F3N2S. The second kappa shape index (κ2) is 4.62. The number of aromatic nitrogens is 1. The Bertz CT molecular complexity index is 519. The number of alkyl halides is 3. The lowest BCUT2D eigenvalue weighted by atomic mass is 10.2. The van der Waals surface area contributed by atoms with Gasteiger partial charge in [-0.3, -0.25) is 0 Å². The highest BCUT2D eigenvalue weighted by Gasteiger charge is 2.26. The minimum atomic E-state index is -4.17. The van der Waals surface area contributed by atoms with Crippen molar-refractivity contribution in [3.8, 4) is 0 Å². The number of nitrogens with zero attached hydrogens (tertiary/aromatic N) is 1. The number of hydrogen-bond donors (Lipinski definition) is 1. The van der Waals surface area contributed by atoms with E-state index in [2.05, 4.69) is 10.3 Å². The fourth-order valence-corrected chi connectivity index (χ4v) is 2.53. The summed E-state index contributed by atoms with van der Waals surface area (Å²) in [5, 5.41) is 3.02. The molecule has 0 bridgehead atoms. The molecule has 0 spiro atoms. The first-order valence-electron chi connectivity index (χ1n) is 5.08. The van der Waals surface area contributed by atoms with Crippen LogP contribution < -0.4 is 5.32 Å². The molecule has 0 saturated carbocycles. The van der Waals surface area contributed by atoms with Gasteiger partial charge in [0, 0.05) is 6.54 Å². The number of hydrogen-bond acceptors (Lipinski definition) is 3. The first-order valence-corrected chi connectivity index (χ1v) is 5.90. The third kappa shape index (κ3) is 3.17. The summed E-state index contributed by atoms with van der Waals surface area (Å²) in [6.45, 7) is 1.11. The number of halogens is 3. The van der Waals surface area contributed by atoms with Crippen LogP contribution in [0.15, 0.2) is 18.2 Å². The van der Waals surface area contributed by atoms with E-state index in [0.29, 0.717) is 5.01 Å². The highest BCUT2D eigenvalue weighted by atomic mass is 32.1. The van der Waals surface area contributed by atoms with Crippen molar-refractivity contribution < 1.29 is 13.2 Å². The molecule has 0 fully saturated rings. The quantitative estimate of drug-likeness (QED) is 0.916. The van der Waals surface area contributed by atoms with Crippen LogP contribution in [0.2, 0.25) is 0 Å². The zero-order chi connectivity index (χ0) is 12.5. The van der Waals surface area contributed by atoms with Gasteiger partial charge in [0.15, 0.2) is 0 Å². The first-order chi connectivity index (χ1) is 7.96. The SMILES string of the molecule is Cc1cccc2sc(CNCC(F)(F)F)nc12. The van der Waals surface area contributed by atoms with Crippen LogP contribution in [-0.2, 0) is 6.54 Å². The smallest absolute Gasteiger partial charge is 0.302 e. The summed E-state index contributed by atoms with van der Waals surface area (Å²) in [6.07, 6.45) is -4.17. The van der Waals surface area contributed by atoms with E-state index in [1.165, 1.54) is 11.3 Å². The fourth-order valence-electron chi connectivity index (χ4n) is 1.52. The van der Waals surface area contributed by atoms with Crippen LogP contribution in [0.3, 0.4) is 0 Å². The molecule has 0 aliphatic heterocycles. The average molecular weight is 260 g/mol. The number of fused-ring (bicyclic) bond motifs is 1. The van der Waals surface area contributed by atoms with E-state index in [1.54, 1.807) is 0 Å². The summed E-state index contributed by atoms with van der Waals surface area (Å²) in [5.41, 5.74) is 1.92. The Morgan fingerprint density at radius 2 is 2.12 bits per heavy atom. The van der Waals surface area contributed by atoms with Crippen LogP contribution >= 0.6 is 11.3 Å². The van der Waals surface area contributed by atoms with Gasteiger partial charge in [-0.05, 0) is 18.6 Å². The third-order valence-electron chi connectivity index (χ3n) is 2.27. The molecule has 2 nitrogen and oxygen atoms in total. The predicted molar refractivity (Wildman–Crippen MR) is 62.1 cm³/mol. The summed E-state index contributed by atoms with van der Waals surface area (Å²) in [5.74, 6) is 0. The van der Waals surface area contributed by atoms with Gasteiger partial charge in [-0.25, -0.2) is 4.98 Å². The van der Waals surface area contributed by atoms with Crippen LogP contribution in [0, 0.1) is 6.92 Å². The molecule has 0 saturated heterocycles. The van der Waals surface area contributed by atoms with E-state index in [1.807, 2.05) is 25.1 Å². The van der Waals surface area contributed by atoms with Crippen molar-refractivity contribution in [3.63, 3.8) is 0 Å². The number of aryl methyl sites for hydroxylation is 1. The summed E-state index contributed by atoms with van der Waals surface area (Å²) in [6, 6.07) is 5.78. The average Bonchev–Trinajstić information content (AvgIpc) is 2.60. The van der Waals surface area contributed by atoms with Gasteiger partial charge >= 0.3 is 6.18 Å². The number of nitrogens with one attached hydrogen (secondary N) is 1. The molecule has 1 heterocycles. The van der Waals surface area contributed by atoms with Crippen molar-refractivity contribution in [3.05, 3.63) is 28.8 Å². The van der Waals surface area contributed by atoms with Gasteiger partial charge < -0.3 is 5.32 Å². The van der Waals surface area contributed by atoms with Crippen LogP contribution in [-0.4, -0.2) is 17.7 Å². The molecule has 0 aliphatic rings. The molecule has 0 amide bonds. The van der Waals surface area contributed by atoms with E-state index in [-0.39, 0.29) is 6.54 Å². The highest BCUT2D eigenvalue weighted by molar-refractivity contribution is 7.18. The largest absolute Gasteiger partial charge is 0.401 e. The fraction of sp³-hybridized carbons (Fsp3) is 0.364. The minimum absolute atomic E-state index is 0.151. The Hall–Kier alpha value is -1.14. The van der Waals surface area contributed by atoms with Gasteiger partial charge in [0.2, 0.25) is 0 Å². The maximum absolute atomic E-state index is 11.9. The van der Waals surface area contributed by atoms with Gasteiger partial charge in [0.05, 0.1) is 16.8 Å². The van der Waals surface area contributed by atoms with E-state index in [0.717, 1.165) is 15.8 Å². The number of benzene rings is 1. The molecule has 1 aromatic carbocycles. The normalized spacial score (nSPS) is 12.2. The first kappa shape index (κ1) is 12.3. The third-order valence-corrected chi connectivity index (χ3v) is 3.29.